The van der Waals surface area contributed by atoms with Gasteiger partial charge in [0.25, 0.3) is 0 Å². The predicted molar refractivity (Wildman–Crippen MR) is 120 cm³/mol. The quantitative estimate of drug-likeness (QED) is 0.763. The van der Waals surface area contributed by atoms with E-state index in [2.05, 4.69) is 61.7 Å². The Labute approximate surface area is 171 Å². The van der Waals surface area contributed by atoms with Gasteiger partial charge in [0.2, 0.25) is 5.95 Å². The van der Waals surface area contributed by atoms with Gasteiger partial charge in [-0.3, -0.25) is 0 Å². The summed E-state index contributed by atoms with van der Waals surface area (Å²) in [4.78, 5) is 16.5. The van der Waals surface area contributed by atoms with Crippen LogP contribution in [0, 0.1) is 0 Å². The summed E-state index contributed by atoms with van der Waals surface area (Å²) in [6.07, 6.45) is 2.43. The second kappa shape index (κ2) is 8.60. The molecule has 0 amide bonds. The topological polar surface area (TPSA) is 59.6 Å². The number of aromatic nitrogens is 2. The van der Waals surface area contributed by atoms with Crippen molar-refractivity contribution in [2.75, 3.05) is 66.3 Å². The number of rotatable bonds is 4. The van der Waals surface area contributed by atoms with E-state index >= 15 is 0 Å². The Morgan fingerprint density at radius 2 is 1.43 bits per heavy atom. The summed E-state index contributed by atoms with van der Waals surface area (Å²) in [7, 11) is 1.80. The average molecular weight is 398 g/mol. The summed E-state index contributed by atoms with van der Waals surface area (Å²) in [5.74, 6) is 2.50. The van der Waals surface area contributed by atoms with Gasteiger partial charge in [-0.05, 0) is 37.2 Å². The van der Waals surface area contributed by atoms with E-state index in [0.29, 0.717) is 11.1 Å². The zero-order chi connectivity index (χ0) is 19.3. The SMILES string of the molecule is CNC(=S)Nc1nc(N2CCCC2)cc(N2CCN(c3ccccc3)CC2)n1. The number of thiocarbonyl (C=S) groups is 1. The summed E-state index contributed by atoms with van der Waals surface area (Å²) in [5, 5.41) is 6.56. The number of hydrogen-bond donors (Lipinski definition) is 2. The molecule has 2 N–H and O–H groups in total. The zero-order valence-corrected chi connectivity index (χ0v) is 17.1. The highest BCUT2D eigenvalue weighted by molar-refractivity contribution is 7.80. The molecule has 2 aliphatic heterocycles. The molecule has 0 unspecified atom stereocenters. The molecule has 7 nitrogen and oxygen atoms in total. The molecule has 8 heteroatoms. The number of benzene rings is 1. The van der Waals surface area contributed by atoms with Crippen LogP contribution in [0.5, 0.6) is 0 Å². The van der Waals surface area contributed by atoms with Crippen molar-refractivity contribution in [3.63, 3.8) is 0 Å². The summed E-state index contributed by atoms with van der Waals surface area (Å²) in [6, 6.07) is 12.7. The number of nitrogens with zero attached hydrogens (tertiary/aromatic N) is 5. The van der Waals surface area contributed by atoms with Crippen LogP contribution in [0.4, 0.5) is 23.3 Å². The second-order valence-electron chi connectivity index (χ2n) is 7.12. The lowest BCUT2D eigenvalue weighted by molar-refractivity contribution is 0.647. The molecule has 0 radical (unpaired) electrons. The Kier molecular flexibility index (Phi) is 5.76. The fourth-order valence-corrected chi connectivity index (χ4v) is 3.84. The zero-order valence-electron chi connectivity index (χ0n) is 16.3. The van der Waals surface area contributed by atoms with Crippen LogP contribution in [-0.4, -0.2) is 61.4 Å². The molecule has 0 atom stereocenters. The molecule has 2 saturated heterocycles. The minimum absolute atomic E-state index is 0.526. The normalized spacial score (nSPS) is 17.0. The minimum atomic E-state index is 0.526. The first-order valence-electron chi connectivity index (χ1n) is 9.90. The van der Waals surface area contributed by atoms with Gasteiger partial charge in [0.05, 0.1) is 0 Å². The summed E-state index contributed by atoms with van der Waals surface area (Å²) < 4.78 is 0. The van der Waals surface area contributed by atoms with Gasteiger partial charge >= 0.3 is 0 Å². The number of piperazine rings is 1. The molecule has 2 aromatic rings. The molecule has 0 spiro atoms. The van der Waals surface area contributed by atoms with Crippen LogP contribution in [0.15, 0.2) is 36.4 Å². The molecule has 3 heterocycles. The predicted octanol–water partition coefficient (Wildman–Crippen LogP) is 2.32. The largest absolute Gasteiger partial charge is 0.368 e. The van der Waals surface area contributed by atoms with Crippen LogP contribution in [0.1, 0.15) is 12.8 Å². The van der Waals surface area contributed by atoms with Gasteiger partial charge < -0.3 is 25.3 Å². The fourth-order valence-electron chi connectivity index (χ4n) is 3.74. The number of nitrogens with one attached hydrogen (secondary N) is 2. The highest BCUT2D eigenvalue weighted by atomic mass is 32.1. The van der Waals surface area contributed by atoms with Crippen LogP contribution >= 0.6 is 12.2 Å². The van der Waals surface area contributed by atoms with E-state index in [9.17, 15) is 0 Å². The van der Waals surface area contributed by atoms with E-state index < -0.39 is 0 Å². The highest BCUT2D eigenvalue weighted by Crippen LogP contribution is 2.26. The number of anilines is 4. The molecule has 28 heavy (non-hydrogen) atoms. The van der Waals surface area contributed by atoms with Crippen molar-refractivity contribution in [3.8, 4) is 0 Å². The van der Waals surface area contributed by atoms with Gasteiger partial charge in [0.15, 0.2) is 5.11 Å². The van der Waals surface area contributed by atoms with Crippen LogP contribution in [-0.2, 0) is 0 Å². The standard InChI is InChI=1S/C20H27N7S/c1-21-20(28)24-19-22-17(26-9-5-6-10-26)15-18(23-19)27-13-11-25(12-14-27)16-7-3-2-4-8-16/h2-4,7-8,15H,5-6,9-14H2,1H3,(H2,21,22,23,24,28). The Hall–Kier alpha value is -2.61. The first-order valence-corrected chi connectivity index (χ1v) is 10.3. The molecule has 4 rings (SSSR count). The molecule has 148 valence electrons. The monoisotopic (exact) mass is 397 g/mol. The van der Waals surface area contributed by atoms with Crippen LogP contribution in [0.2, 0.25) is 0 Å². The first kappa shape index (κ1) is 18.7. The van der Waals surface area contributed by atoms with Crippen LogP contribution in [0.25, 0.3) is 0 Å². The maximum absolute atomic E-state index is 5.25. The summed E-state index contributed by atoms with van der Waals surface area (Å²) in [6.45, 7) is 5.92. The minimum Gasteiger partial charge on any atom is -0.368 e. The van der Waals surface area contributed by atoms with E-state index in [-0.39, 0.29) is 0 Å². The highest BCUT2D eigenvalue weighted by Gasteiger charge is 2.22. The van der Waals surface area contributed by atoms with Crippen LogP contribution < -0.4 is 25.3 Å². The molecule has 2 aliphatic rings. The van der Waals surface area contributed by atoms with E-state index in [1.165, 1.54) is 18.5 Å². The Balaban J connectivity index is 1.52. The number of hydrogen-bond acceptors (Lipinski definition) is 6. The smallest absolute Gasteiger partial charge is 0.232 e. The Morgan fingerprint density at radius 1 is 0.857 bits per heavy atom. The average Bonchev–Trinajstić information content (AvgIpc) is 3.29. The van der Waals surface area contributed by atoms with Crippen molar-refractivity contribution < 1.29 is 0 Å². The van der Waals surface area contributed by atoms with Crippen molar-refractivity contribution in [3.05, 3.63) is 36.4 Å². The molecule has 0 bridgehead atoms. The Morgan fingerprint density at radius 3 is 2.04 bits per heavy atom. The molecule has 1 aromatic carbocycles. The fraction of sp³-hybridized carbons (Fsp3) is 0.450. The van der Waals surface area contributed by atoms with Crippen molar-refractivity contribution in [1.29, 1.82) is 0 Å². The third kappa shape index (κ3) is 4.27. The van der Waals surface area contributed by atoms with E-state index in [0.717, 1.165) is 50.9 Å². The van der Waals surface area contributed by atoms with Gasteiger partial charge in [-0.2, -0.15) is 9.97 Å². The lowest BCUT2D eigenvalue weighted by Crippen LogP contribution is -2.47. The molecular formula is C20H27N7S. The maximum Gasteiger partial charge on any atom is 0.232 e. The van der Waals surface area contributed by atoms with Crippen molar-refractivity contribution in [1.82, 2.24) is 15.3 Å². The number of para-hydroxylation sites is 1. The van der Waals surface area contributed by atoms with Crippen molar-refractivity contribution in [2.24, 2.45) is 0 Å². The maximum atomic E-state index is 5.25. The third-order valence-electron chi connectivity index (χ3n) is 5.31. The molecule has 1 aromatic heterocycles. The van der Waals surface area contributed by atoms with E-state index in [4.69, 9.17) is 22.2 Å². The van der Waals surface area contributed by atoms with Gasteiger partial charge in [-0.15, -0.1) is 0 Å². The van der Waals surface area contributed by atoms with Crippen LogP contribution in [0.3, 0.4) is 0 Å². The lowest BCUT2D eigenvalue weighted by Gasteiger charge is -2.37. The second-order valence-corrected chi connectivity index (χ2v) is 7.52. The molecule has 2 fully saturated rings. The Bertz CT molecular complexity index is 799. The van der Waals surface area contributed by atoms with E-state index in [1.807, 2.05) is 0 Å². The molecular weight excluding hydrogens is 370 g/mol. The van der Waals surface area contributed by atoms with Crippen molar-refractivity contribution in [2.45, 2.75) is 12.8 Å². The first-order chi connectivity index (χ1) is 13.7. The van der Waals surface area contributed by atoms with E-state index in [1.54, 1.807) is 7.05 Å². The molecule has 0 saturated carbocycles. The summed E-state index contributed by atoms with van der Waals surface area (Å²) in [5.41, 5.74) is 1.28. The van der Waals surface area contributed by atoms with Crippen molar-refractivity contribution >= 4 is 40.6 Å². The van der Waals surface area contributed by atoms with Gasteiger partial charge in [-0.1, -0.05) is 18.2 Å². The van der Waals surface area contributed by atoms with Gasteiger partial charge in [0.1, 0.15) is 11.6 Å². The molecule has 0 aliphatic carbocycles. The summed E-state index contributed by atoms with van der Waals surface area (Å²) >= 11 is 5.25. The van der Waals surface area contributed by atoms with Gasteiger partial charge in [0, 0.05) is 58.1 Å². The third-order valence-corrected chi connectivity index (χ3v) is 5.61. The lowest BCUT2D eigenvalue weighted by atomic mass is 10.2. The van der Waals surface area contributed by atoms with Gasteiger partial charge in [-0.25, -0.2) is 0 Å².